The number of hydrogen-bond acceptors (Lipinski definition) is 6. The molecule has 3 aromatic rings. The average molecular weight is 398 g/mol. The zero-order valence-electron chi connectivity index (χ0n) is 16.0. The Labute approximate surface area is 168 Å². The second-order valence-corrected chi connectivity index (χ2v) is 6.27. The summed E-state index contributed by atoms with van der Waals surface area (Å²) >= 11 is 5.22. The second-order valence-electron chi connectivity index (χ2n) is 5.88. The molecular weight excluding hydrogens is 376 g/mol. The van der Waals surface area contributed by atoms with Gasteiger partial charge >= 0.3 is 0 Å². The second kappa shape index (κ2) is 9.18. The summed E-state index contributed by atoms with van der Waals surface area (Å²) in [7, 11) is 3.18. The van der Waals surface area contributed by atoms with Gasteiger partial charge in [-0.2, -0.15) is 14.9 Å². The molecule has 0 unspecified atom stereocenters. The van der Waals surface area contributed by atoms with Crippen LogP contribution in [0.2, 0.25) is 0 Å². The largest absolute Gasteiger partial charge is 0.493 e. The van der Waals surface area contributed by atoms with Crippen LogP contribution in [0.15, 0.2) is 47.6 Å². The van der Waals surface area contributed by atoms with Crippen LogP contribution in [0.25, 0.3) is 0 Å². The number of nitrogens with zero attached hydrogens (tertiary/aromatic N) is 3. The highest BCUT2D eigenvalue weighted by Crippen LogP contribution is 2.38. The molecule has 1 aromatic heterocycles. The molecular formula is C20H22N4O3S. The van der Waals surface area contributed by atoms with Crippen molar-refractivity contribution in [2.75, 3.05) is 14.2 Å². The molecule has 3 rings (SSSR count). The van der Waals surface area contributed by atoms with Gasteiger partial charge in [-0.05, 0) is 29.9 Å². The standard InChI is InChI=1S/C20H22N4O3S/c1-4-18-22-23-20(28)24(18)21-12-15-10-16(25-2)19(17(11-15)26-3)27-13-14-8-6-5-7-9-14/h5-12H,4,13H2,1-3H3,(H,23,28)/b21-12-. The van der Waals surface area contributed by atoms with Crippen molar-refractivity contribution in [2.45, 2.75) is 20.0 Å². The van der Waals surface area contributed by atoms with Crippen LogP contribution in [0.4, 0.5) is 0 Å². The fourth-order valence-electron chi connectivity index (χ4n) is 2.64. The first kappa shape index (κ1) is 19.6. The first-order valence-electron chi connectivity index (χ1n) is 8.79. The van der Waals surface area contributed by atoms with Crippen molar-refractivity contribution in [1.29, 1.82) is 0 Å². The maximum absolute atomic E-state index is 5.97. The van der Waals surface area contributed by atoms with Gasteiger partial charge in [0, 0.05) is 12.0 Å². The van der Waals surface area contributed by atoms with E-state index in [-0.39, 0.29) is 0 Å². The van der Waals surface area contributed by atoms with E-state index in [1.165, 1.54) is 0 Å². The van der Waals surface area contributed by atoms with Crippen LogP contribution in [0.5, 0.6) is 17.2 Å². The van der Waals surface area contributed by atoms with Crippen molar-refractivity contribution < 1.29 is 14.2 Å². The molecule has 28 heavy (non-hydrogen) atoms. The van der Waals surface area contributed by atoms with Gasteiger partial charge in [-0.3, -0.25) is 5.10 Å². The summed E-state index contributed by atoms with van der Waals surface area (Å²) in [5, 5.41) is 11.3. The van der Waals surface area contributed by atoms with E-state index >= 15 is 0 Å². The van der Waals surface area contributed by atoms with E-state index < -0.39 is 0 Å². The van der Waals surface area contributed by atoms with Gasteiger partial charge in [0.1, 0.15) is 6.61 Å². The third-order valence-electron chi connectivity index (χ3n) is 4.06. The van der Waals surface area contributed by atoms with Crippen molar-refractivity contribution in [1.82, 2.24) is 14.9 Å². The Morgan fingerprint density at radius 3 is 2.43 bits per heavy atom. The number of aromatic nitrogens is 3. The lowest BCUT2D eigenvalue weighted by Crippen LogP contribution is -2.02. The number of aromatic amines is 1. The molecule has 0 amide bonds. The van der Waals surface area contributed by atoms with E-state index in [2.05, 4.69) is 15.3 Å². The molecule has 0 aliphatic heterocycles. The number of benzene rings is 2. The molecule has 0 fully saturated rings. The Morgan fingerprint density at radius 1 is 1.14 bits per heavy atom. The van der Waals surface area contributed by atoms with Gasteiger partial charge in [-0.15, -0.1) is 0 Å². The fourth-order valence-corrected chi connectivity index (χ4v) is 2.84. The minimum atomic E-state index is 0.408. The van der Waals surface area contributed by atoms with Crippen molar-refractivity contribution in [3.05, 3.63) is 64.2 Å². The molecule has 8 heteroatoms. The van der Waals surface area contributed by atoms with Gasteiger partial charge < -0.3 is 14.2 Å². The number of ether oxygens (including phenoxy) is 3. The Bertz CT molecular complexity index is 987. The third-order valence-corrected chi connectivity index (χ3v) is 4.33. The summed E-state index contributed by atoms with van der Waals surface area (Å²) in [5.41, 5.74) is 1.84. The van der Waals surface area contributed by atoms with Crippen LogP contribution in [-0.4, -0.2) is 35.3 Å². The molecule has 0 atom stereocenters. The Morgan fingerprint density at radius 2 is 1.82 bits per heavy atom. The summed E-state index contributed by atoms with van der Waals surface area (Å²) in [6, 6.07) is 13.6. The molecule has 0 aliphatic carbocycles. The van der Waals surface area contributed by atoms with Crippen molar-refractivity contribution in [2.24, 2.45) is 5.10 Å². The van der Waals surface area contributed by atoms with Crippen molar-refractivity contribution >= 4 is 18.4 Å². The number of rotatable bonds is 8. The van der Waals surface area contributed by atoms with Crippen LogP contribution in [0.1, 0.15) is 23.9 Å². The maximum Gasteiger partial charge on any atom is 0.216 e. The van der Waals surface area contributed by atoms with Gasteiger partial charge in [0.15, 0.2) is 17.3 Å². The van der Waals surface area contributed by atoms with Gasteiger partial charge in [0.05, 0.1) is 20.4 Å². The van der Waals surface area contributed by atoms with Crippen LogP contribution in [0, 0.1) is 4.77 Å². The van der Waals surface area contributed by atoms with E-state index in [1.807, 2.05) is 49.4 Å². The molecule has 2 aromatic carbocycles. The molecule has 0 aliphatic rings. The first-order valence-corrected chi connectivity index (χ1v) is 9.20. The summed E-state index contributed by atoms with van der Waals surface area (Å²) < 4.78 is 19.0. The molecule has 1 N–H and O–H groups in total. The number of nitrogens with one attached hydrogen (secondary N) is 1. The molecule has 146 valence electrons. The van der Waals surface area contributed by atoms with Crippen molar-refractivity contribution in [3.8, 4) is 17.2 Å². The predicted octanol–water partition coefficient (Wildman–Crippen LogP) is 3.98. The van der Waals surface area contributed by atoms with Gasteiger partial charge in [-0.25, -0.2) is 0 Å². The van der Waals surface area contributed by atoms with Gasteiger partial charge in [0.2, 0.25) is 10.5 Å². The van der Waals surface area contributed by atoms with E-state index in [4.69, 9.17) is 26.4 Å². The molecule has 7 nitrogen and oxygen atoms in total. The van der Waals surface area contributed by atoms with Crippen molar-refractivity contribution in [3.63, 3.8) is 0 Å². The lowest BCUT2D eigenvalue weighted by atomic mass is 10.2. The highest BCUT2D eigenvalue weighted by Gasteiger charge is 2.14. The third kappa shape index (κ3) is 4.40. The highest BCUT2D eigenvalue weighted by atomic mass is 32.1. The van der Waals surface area contributed by atoms with Crippen LogP contribution in [-0.2, 0) is 13.0 Å². The van der Waals surface area contributed by atoms with Crippen LogP contribution >= 0.6 is 12.2 Å². The van der Waals surface area contributed by atoms with E-state index in [0.717, 1.165) is 17.0 Å². The SMILES string of the molecule is CCc1n[nH]c(=S)n1/N=C\c1cc(OC)c(OCc2ccccc2)c(OC)c1. The smallest absolute Gasteiger partial charge is 0.216 e. The zero-order valence-corrected chi connectivity index (χ0v) is 16.8. The molecule has 1 heterocycles. The lowest BCUT2D eigenvalue weighted by Gasteiger charge is -2.15. The Hall–Kier alpha value is -3.13. The van der Waals surface area contributed by atoms with Crippen LogP contribution in [0.3, 0.4) is 0 Å². The molecule has 0 spiro atoms. The minimum Gasteiger partial charge on any atom is -0.493 e. The number of H-pyrrole nitrogens is 1. The number of hydrogen-bond donors (Lipinski definition) is 1. The monoisotopic (exact) mass is 398 g/mol. The quantitative estimate of drug-likeness (QED) is 0.459. The topological polar surface area (TPSA) is 73.7 Å². The Balaban J connectivity index is 1.89. The molecule has 0 radical (unpaired) electrons. The van der Waals surface area contributed by atoms with Gasteiger partial charge in [-0.1, -0.05) is 37.3 Å². The number of aryl methyl sites for hydroxylation is 1. The predicted molar refractivity (Wildman–Crippen MR) is 110 cm³/mol. The molecule has 0 saturated carbocycles. The van der Waals surface area contributed by atoms with E-state index in [9.17, 15) is 0 Å². The summed E-state index contributed by atoms with van der Waals surface area (Å²) in [4.78, 5) is 0. The van der Waals surface area contributed by atoms with E-state index in [1.54, 1.807) is 25.1 Å². The average Bonchev–Trinajstić information content (AvgIpc) is 3.10. The number of methoxy groups -OCH3 is 2. The van der Waals surface area contributed by atoms with Gasteiger partial charge in [0.25, 0.3) is 0 Å². The minimum absolute atomic E-state index is 0.408. The van der Waals surface area contributed by atoms with Crippen LogP contribution < -0.4 is 14.2 Å². The molecule has 0 bridgehead atoms. The summed E-state index contributed by atoms with van der Waals surface area (Å²) in [6.07, 6.45) is 2.39. The highest BCUT2D eigenvalue weighted by molar-refractivity contribution is 7.71. The zero-order chi connectivity index (χ0) is 19.9. The summed E-state index contributed by atoms with van der Waals surface area (Å²) in [5.74, 6) is 2.41. The van der Waals surface area contributed by atoms with E-state index in [0.29, 0.717) is 35.0 Å². The molecule has 0 saturated heterocycles. The lowest BCUT2D eigenvalue weighted by molar-refractivity contribution is 0.266. The fraction of sp³-hybridized carbons (Fsp3) is 0.250. The maximum atomic E-state index is 5.97. The Kier molecular flexibility index (Phi) is 6.44. The normalized spacial score (nSPS) is 11.0. The summed E-state index contributed by atoms with van der Waals surface area (Å²) in [6.45, 7) is 2.40. The first-order chi connectivity index (χ1) is 13.7.